The number of allylic oxidation sites excluding steroid dienone is 2. The molecule has 0 bridgehead atoms. The molecular weight excluding hydrogens is 404 g/mol. The molecule has 0 fully saturated rings. The molecule has 0 radical (unpaired) electrons. The van der Waals surface area contributed by atoms with Crippen molar-refractivity contribution in [2.75, 3.05) is 7.11 Å². The Kier molecular flexibility index (Phi) is 4.55. The summed E-state index contributed by atoms with van der Waals surface area (Å²) < 4.78 is 17.7. The molecule has 2 heterocycles. The van der Waals surface area contributed by atoms with Crippen LogP contribution < -0.4 is 14.9 Å². The SMILES string of the molecule is COc1ccc(-c2c(C)oc3c(C)c4c(cc3c2=O)CC2=C(CC(C)(C)CC2=O)O4)cc1. The topological polar surface area (TPSA) is 65.7 Å². The van der Waals surface area contributed by atoms with Crippen molar-refractivity contribution in [3.63, 3.8) is 0 Å². The van der Waals surface area contributed by atoms with Gasteiger partial charge in [0.1, 0.15) is 28.6 Å². The Morgan fingerprint density at radius 2 is 1.75 bits per heavy atom. The first kappa shape index (κ1) is 20.6. The number of carbonyl (C=O) groups is 1. The fraction of sp³-hybridized carbons (Fsp3) is 0.333. The summed E-state index contributed by atoms with van der Waals surface area (Å²) in [6.45, 7) is 7.90. The van der Waals surface area contributed by atoms with Gasteiger partial charge in [-0.25, -0.2) is 0 Å². The van der Waals surface area contributed by atoms with Crippen LogP contribution >= 0.6 is 0 Å². The zero-order chi connectivity index (χ0) is 22.8. The Hall–Kier alpha value is -3.34. The molecule has 2 aromatic carbocycles. The highest BCUT2D eigenvalue weighted by Crippen LogP contribution is 2.45. The third-order valence-corrected chi connectivity index (χ3v) is 6.54. The number of carbonyl (C=O) groups excluding carboxylic acids is 1. The van der Waals surface area contributed by atoms with Crippen LogP contribution in [0, 0.1) is 19.3 Å². The van der Waals surface area contributed by atoms with Gasteiger partial charge in [-0.1, -0.05) is 26.0 Å². The fourth-order valence-corrected chi connectivity index (χ4v) is 4.92. The molecule has 0 atom stereocenters. The molecule has 5 heteroatoms. The molecule has 0 N–H and O–H groups in total. The standard InChI is InChI=1S/C27H26O5/c1-14-25-17(10-19-21(28)12-27(3,4)13-22(19)32-25)11-20-24(29)23(15(2)31-26(14)20)16-6-8-18(30-5)9-7-16/h6-9,11H,10,12-13H2,1-5H3. The van der Waals surface area contributed by atoms with E-state index in [1.165, 1.54) is 0 Å². The van der Waals surface area contributed by atoms with Crippen molar-refractivity contribution in [2.24, 2.45) is 5.41 Å². The largest absolute Gasteiger partial charge is 0.497 e. The van der Waals surface area contributed by atoms with Crippen LogP contribution in [0.25, 0.3) is 22.1 Å². The number of benzene rings is 2. The molecule has 0 saturated heterocycles. The molecular formula is C27H26O5. The lowest BCUT2D eigenvalue weighted by Gasteiger charge is -2.35. The van der Waals surface area contributed by atoms with Crippen LogP contribution in [0.15, 0.2) is 50.9 Å². The number of rotatable bonds is 2. The maximum atomic E-state index is 13.6. The number of hydrogen-bond acceptors (Lipinski definition) is 5. The maximum absolute atomic E-state index is 13.6. The number of aryl methyl sites for hydroxylation is 2. The Morgan fingerprint density at radius 3 is 2.44 bits per heavy atom. The normalized spacial score (nSPS) is 17.1. The molecule has 1 aliphatic heterocycles. The van der Waals surface area contributed by atoms with Crippen LogP contribution in [0.4, 0.5) is 0 Å². The summed E-state index contributed by atoms with van der Waals surface area (Å²) in [5.74, 6) is 2.88. The molecule has 5 rings (SSSR count). The number of Topliss-reactive ketones (excluding diaryl/α,β-unsaturated/α-hetero) is 1. The lowest BCUT2D eigenvalue weighted by molar-refractivity contribution is -0.118. The van der Waals surface area contributed by atoms with Crippen LogP contribution in [-0.4, -0.2) is 12.9 Å². The molecule has 3 aromatic rings. The maximum Gasteiger partial charge on any atom is 0.200 e. The van der Waals surface area contributed by atoms with Gasteiger partial charge in [0.15, 0.2) is 5.78 Å². The van der Waals surface area contributed by atoms with Crippen molar-refractivity contribution >= 4 is 16.8 Å². The summed E-state index contributed by atoms with van der Waals surface area (Å²) in [5.41, 5.74) is 4.04. The van der Waals surface area contributed by atoms with Gasteiger partial charge in [0.2, 0.25) is 5.43 Å². The van der Waals surface area contributed by atoms with Crippen molar-refractivity contribution in [2.45, 2.75) is 47.0 Å². The summed E-state index contributed by atoms with van der Waals surface area (Å²) in [7, 11) is 1.61. The number of ketones is 1. The Morgan fingerprint density at radius 1 is 1.03 bits per heavy atom. The average Bonchev–Trinajstić information content (AvgIpc) is 2.74. The minimum Gasteiger partial charge on any atom is -0.497 e. The quantitative estimate of drug-likeness (QED) is 0.525. The Balaban J connectivity index is 1.67. The summed E-state index contributed by atoms with van der Waals surface area (Å²) >= 11 is 0. The van der Waals surface area contributed by atoms with E-state index in [-0.39, 0.29) is 16.6 Å². The first-order valence-corrected chi connectivity index (χ1v) is 10.9. The third-order valence-electron chi connectivity index (χ3n) is 6.54. The molecule has 164 valence electrons. The molecule has 0 unspecified atom stereocenters. The van der Waals surface area contributed by atoms with Crippen molar-refractivity contribution < 1.29 is 18.7 Å². The third kappa shape index (κ3) is 3.15. The van der Waals surface area contributed by atoms with Gasteiger partial charge in [0, 0.05) is 36.0 Å². The number of fused-ring (bicyclic) bond motifs is 2. The minimum absolute atomic E-state index is 0.0873. The predicted molar refractivity (Wildman–Crippen MR) is 123 cm³/mol. The van der Waals surface area contributed by atoms with Crippen LogP contribution in [0.5, 0.6) is 11.5 Å². The highest BCUT2D eigenvalue weighted by molar-refractivity contribution is 5.99. The summed E-state index contributed by atoms with van der Waals surface area (Å²) in [5, 5.41) is 0.508. The minimum atomic E-state index is -0.116. The molecule has 1 aromatic heterocycles. The van der Waals surface area contributed by atoms with Crippen LogP contribution in [-0.2, 0) is 11.2 Å². The first-order valence-electron chi connectivity index (χ1n) is 10.9. The fourth-order valence-electron chi connectivity index (χ4n) is 4.92. The highest BCUT2D eigenvalue weighted by atomic mass is 16.5. The average molecular weight is 431 g/mol. The van der Waals surface area contributed by atoms with Gasteiger partial charge in [0.25, 0.3) is 0 Å². The Bertz CT molecular complexity index is 1370. The van der Waals surface area contributed by atoms with Gasteiger partial charge in [0.05, 0.1) is 18.1 Å². The molecule has 2 aliphatic rings. The first-order chi connectivity index (χ1) is 15.2. The number of hydrogen-bond donors (Lipinski definition) is 0. The molecule has 0 spiro atoms. The molecule has 32 heavy (non-hydrogen) atoms. The van der Waals surface area contributed by atoms with E-state index in [4.69, 9.17) is 13.9 Å². The van der Waals surface area contributed by atoms with E-state index in [2.05, 4.69) is 13.8 Å². The van der Waals surface area contributed by atoms with Crippen LogP contribution in [0.2, 0.25) is 0 Å². The van der Waals surface area contributed by atoms with Gasteiger partial charge in [-0.2, -0.15) is 0 Å². The number of ether oxygens (including phenoxy) is 2. The van der Waals surface area contributed by atoms with Gasteiger partial charge < -0.3 is 13.9 Å². The van der Waals surface area contributed by atoms with E-state index in [1.54, 1.807) is 7.11 Å². The van der Waals surface area contributed by atoms with Crippen LogP contribution in [0.3, 0.4) is 0 Å². The summed E-state index contributed by atoms with van der Waals surface area (Å²) in [4.78, 5) is 26.3. The zero-order valence-corrected chi connectivity index (χ0v) is 19.0. The second-order valence-electron chi connectivity index (χ2n) is 9.58. The van der Waals surface area contributed by atoms with E-state index < -0.39 is 0 Å². The zero-order valence-electron chi connectivity index (χ0n) is 19.0. The summed E-state index contributed by atoms with van der Waals surface area (Å²) in [6, 6.07) is 9.21. The molecule has 0 saturated carbocycles. The van der Waals surface area contributed by atoms with E-state index in [0.717, 1.165) is 40.2 Å². The van der Waals surface area contributed by atoms with E-state index in [1.807, 2.05) is 44.2 Å². The smallest absolute Gasteiger partial charge is 0.200 e. The van der Waals surface area contributed by atoms with Crippen molar-refractivity contribution in [3.05, 3.63) is 68.8 Å². The van der Waals surface area contributed by atoms with Gasteiger partial charge in [-0.05, 0) is 43.0 Å². The lowest BCUT2D eigenvalue weighted by atomic mass is 9.74. The van der Waals surface area contributed by atoms with E-state index in [9.17, 15) is 9.59 Å². The monoisotopic (exact) mass is 430 g/mol. The number of methoxy groups -OCH3 is 1. The highest BCUT2D eigenvalue weighted by Gasteiger charge is 2.37. The van der Waals surface area contributed by atoms with Gasteiger partial charge >= 0.3 is 0 Å². The second kappa shape index (κ2) is 7.09. The van der Waals surface area contributed by atoms with Crippen LogP contribution in [0.1, 0.15) is 43.6 Å². The van der Waals surface area contributed by atoms with Gasteiger partial charge in [-0.15, -0.1) is 0 Å². The van der Waals surface area contributed by atoms with Crippen molar-refractivity contribution in [3.8, 4) is 22.6 Å². The lowest BCUT2D eigenvalue weighted by Crippen LogP contribution is -2.30. The second-order valence-corrected chi connectivity index (χ2v) is 9.58. The molecule has 0 amide bonds. The Labute approximate surface area is 186 Å². The predicted octanol–water partition coefficient (Wildman–Crippen LogP) is 5.66. The van der Waals surface area contributed by atoms with Crippen molar-refractivity contribution in [1.29, 1.82) is 0 Å². The van der Waals surface area contributed by atoms with Gasteiger partial charge in [-0.3, -0.25) is 9.59 Å². The van der Waals surface area contributed by atoms with E-state index in [0.29, 0.717) is 40.9 Å². The molecule has 1 aliphatic carbocycles. The van der Waals surface area contributed by atoms with Crippen molar-refractivity contribution in [1.82, 2.24) is 0 Å². The van der Waals surface area contributed by atoms with E-state index >= 15 is 0 Å². The molecule has 5 nitrogen and oxygen atoms in total. The summed E-state index contributed by atoms with van der Waals surface area (Å²) in [6.07, 6.45) is 1.73.